The second-order valence-corrected chi connectivity index (χ2v) is 11.6. The van der Waals surface area contributed by atoms with Crippen molar-refractivity contribution >= 4 is 0 Å². The minimum Gasteiger partial charge on any atom is -0.393 e. The van der Waals surface area contributed by atoms with Gasteiger partial charge in [0.2, 0.25) is 0 Å². The van der Waals surface area contributed by atoms with Crippen molar-refractivity contribution in [1.82, 2.24) is 0 Å². The highest BCUT2D eigenvalue weighted by Gasteiger charge is 2.59. The van der Waals surface area contributed by atoms with Crippen LogP contribution in [-0.2, 0) is 0 Å². The van der Waals surface area contributed by atoms with Gasteiger partial charge in [-0.3, -0.25) is 0 Å². The summed E-state index contributed by atoms with van der Waals surface area (Å²) < 4.78 is 0. The van der Waals surface area contributed by atoms with Gasteiger partial charge in [0.1, 0.15) is 6.10 Å². The fourth-order valence-electron chi connectivity index (χ4n) is 6.82. The van der Waals surface area contributed by atoms with E-state index in [1.165, 1.54) is 0 Å². The molecule has 3 saturated carbocycles. The van der Waals surface area contributed by atoms with E-state index < -0.39 is 11.7 Å². The lowest BCUT2D eigenvalue weighted by atomic mass is 9.56. The SMILES string of the molecule is C=C1CCC(O)C/C1=C/C(O)C1(O)CCCC2(C)C1CC[C@@H]2[C@H](C)/C=C/[C@H](C)C(C)C. The minimum absolute atomic E-state index is 0.0421. The van der Waals surface area contributed by atoms with Crippen LogP contribution in [0.5, 0.6) is 0 Å². The van der Waals surface area contributed by atoms with Crippen LogP contribution in [0, 0.1) is 35.0 Å². The average molecular weight is 431 g/mol. The maximum absolute atomic E-state index is 11.8. The fourth-order valence-corrected chi connectivity index (χ4v) is 6.82. The van der Waals surface area contributed by atoms with E-state index >= 15 is 0 Å². The van der Waals surface area contributed by atoms with E-state index in [1.807, 2.05) is 6.08 Å². The number of hydrogen-bond acceptors (Lipinski definition) is 3. The Balaban J connectivity index is 1.80. The smallest absolute Gasteiger partial charge is 0.102 e. The molecular weight excluding hydrogens is 384 g/mol. The van der Waals surface area contributed by atoms with Crippen molar-refractivity contribution in [3.63, 3.8) is 0 Å². The molecule has 3 rings (SSSR count). The molecule has 0 aromatic heterocycles. The summed E-state index contributed by atoms with van der Waals surface area (Å²) in [6.45, 7) is 15.6. The molecular formula is C28H46O3. The van der Waals surface area contributed by atoms with Gasteiger partial charge in [0, 0.05) is 0 Å². The molecule has 0 aromatic rings. The van der Waals surface area contributed by atoms with E-state index in [-0.39, 0.29) is 17.4 Å². The van der Waals surface area contributed by atoms with Gasteiger partial charge < -0.3 is 15.3 Å². The highest BCUT2D eigenvalue weighted by molar-refractivity contribution is 5.33. The summed E-state index contributed by atoms with van der Waals surface area (Å²) in [6.07, 6.45) is 12.2. The van der Waals surface area contributed by atoms with Gasteiger partial charge in [-0.05, 0) is 98.0 Å². The third-order valence-corrected chi connectivity index (χ3v) is 9.27. The summed E-state index contributed by atoms with van der Waals surface area (Å²) in [6, 6.07) is 0. The molecule has 8 atom stereocenters. The Kier molecular flexibility index (Phi) is 7.61. The van der Waals surface area contributed by atoms with Crippen molar-refractivity contribution < 1.29 is 15.3 Å². The lowest BCUT2D eigenvalue weighted by Crippen LogP contribution is -2.56. The Labute approximate surface area is 190 Å². The van der Waals surface area contributed by atoms with Crippen LogP contribution in [0.1, 0.15) is 86.0 Å². The molecule has 3 aliphatic rings. The Hall–Kier alpha value is -0.900. The molecule has 0 spiro atoms. The summed E-state index contributed by atoms with van der Waals surface area (Å²) in [5.41, 5.74) is 0.876. The molecule has 3 aliphatic carbocycles. The molecule has 3 fully saturated rings. The van der Waals surface area contributed by atoms with E-state index in [2.05, 4.69) is 53.3 Å². The van der Waals surface area contributed by atoms with Crippen LogP contribution in [0.15, 0.2) is 36.0 Å². The number of aliphatic hydroxyl groups excluding tert-OH is 2. The standard InChI is InChI=1S/C28H46O3/c1-18(2)19(3)8-9-21(5)24-12-13-25-27(24,6)14-7-15-28(25,31)26(30)17-22-16-23(29)11-10-20(22)4/h8-9,17-19,21,23-26,29-31H,4,7,10-16H2,1-3,5-6H3/b9-8+,22-17-/t19-,21+,23?,24+,25?,26?,27?,28?/m0/s1. The van der Waals surface area contributed by atoms with Gasteiger partial charge in [0.05, 0.1) is 11.7 Å². The van der Waals surface area contributed by atoms with Crippen LogP contribution < -0.4 is 0 Å². The van der Waals surface area contributed by atoms with E-state index in [9.17, 15) is 15.3 Å². The van der Waals surface area contributed by atoms with E-state index in [0.717, 1.165) is 49.7 Å². The molecule has 0 amide bonds. The molecule has 0 aliphatic heterocycles. The summed E-state index contributed by atoms with van der Waals surface area (Å²) in [5, 5.41) is 33.2. The molecule has 0 radical (unpaired) electrons. The highest BCUT2D eigenvalue weighted by atomic mass is 16.3. The highest BCUT2D eigenvalue weighted by Crippen LogP contribution is 2.61. The normalized spacial score (nSPS) is 41.0. The molecule has 176 valence electrons. The zero-order valence-corrected chi connectivity index (χ0v) is 20.5. The third kappa shape index (κ3) is 4.89. The Morgan fingerprint density at radius 1 is 1.06 bits per heavy atom. The minimum atomic E-state index is -1.09. The third-order valence-electron chi connectivity index (χ3n) is 9.27. The number of hydrogen-bond donors (Lipinski definition) is 3. The second-order valence-electron chi connectivity index (χ2n) is 11.6. The molecule has 3 heteroatoms. The van der Waals surface area contributed by atoms with Crippen LogP contribution in [-0.4, -0.2) is 33.1 Å². The lowest BCUT2D eigenvalue weighted by Gasteiger charge is -2.52. The zero-order valence-electron chi connectivity index (χ0n) is 20.5. The molecule has 3 nitrogen and oxygen atoms in total. The van der Waals surface area contributed by atoms with Crippen molar-refractivity contribution in [2.45, 2.75) is 104 Å². The molecule has 5 unspecified atom stereocenters. The predicted molar refractivity (Wildman–Crippen MR) is 129 cm³/mol. The maximum atomic E-state index is 11.8. The van der Waals surface area contributed by atoms with Crippen LogP contribution >= 0.6 is 0 Å². The van der Waals surface area contributed by atoms with E-state index in [0.29, 0.717) is 36.5 Å². The molecule has 0 bridgehead atoms. The van der Waals surface area contributed by atoms with Crippen LogP contribution in [0.3, 0.4) is 0 Å². The van der Waals surface area contributed by atoms with Gasteiger partial charge in [-0.15, -0.1) is 0 Å². The molecule has 0 aromatic carbocycles. The number of aliphatic hydroxyl groups is 3. The molecule has 0 saturated heterocycles. The Bertz CT molecular complexity index is 707. The molecule has 3 N–H and O–H groups in total. The predicted octanol–water partition coefficient (Wildman–Crippen LogP) is 5.81. The zero-order chi connectivity index (χ0) is 23.0. The second kappa shape index (κ2) is 9.53. The average Bonchev–Trinajstić information content (AvgIpc) is 3.07. The van der Waals surface area contributed by atoms with Gasteiger partial charge in [-0.25, -0.2) is 0 Å². The van der Waals surface area contributed by atoms with Crippen LogP contribution in [0.2, 0.25) is 0 Å². The van der Waals surface area contributed by atoms with Crippen molar-refractivity contribution in [3.05, 3.63) is 36.0 Å². The van der Waals surface area contributed by atoms with Crippen LogP contribution in [0.4, 0.5) is 0 Å². The lowest BCUT2D eigenvalue weighted by molar-refractivity contribution is -0.155. The molecule has 0 heterocycles. The number of rotatable bonds is 6. The first kappa shape index (κ1) is 24.7. The first-order chi connectivity index (χ1) is 14.5. The van der Waals surface area contributed by atoms with Gasteiger partial charge in [-0.2, -0.15) is 0 Å². The Morgan fingerprint density at radius 3 is 2.45 bits per heavy atom. The fraction of sp³-hybridized carbons (Fsp3) is 0.786. The van der Waals surface area contributed by atoms with Gasteiger partial charge >= 0.3 is 0 Å². The van der Waals surface area contributed by atoms with Crippen molar-refractivity contribution in [1.29, 1.82) is 0 Å². The first-order valence-electron chi connectivity index (χ1n) is 12.6. The molecule has 31 heavy (non-hydrogen) atoms. The maximum Gasteiger partial charge on any atom is 0.102 e. The Morgan fingerprint density at radius 2 is 1.77 bits per heavy atom. The van der Waals surface area contributed by atoms with Crippen molar-refractivity contribution in [2.24, 2.45) is 35.0 Å². The topological polar surface area (TPSA) is 60.7 Å². The summed E-state index contributed by atoms with van der Waals surface area (Å²) in [7, 11) is 0. The van der Waals surface area contributed by atoms with Crippen molar-refractivity contribution in [2.75, 3.05) is 0 Å². The van der Waals surface area contributed by atoms with E-state index in [4.69, 9.17) is 0 Å². The summed E-state index contributed by atoms with van der Waals surface area (Å²) in [4.78, 5) is 0. The van der Waals surface area contributed by atoms with E-state index in [1.54, 1.807) is 0 Å². The monoisotopic (exact) mass is 430 g/mol. The first-order valence-corrected chi connectivity index (χ1v) is 12.6. The van der Waals surface area contributed by atoms with Crippen molar-refractivity contribution in [3.8, 4) is 0 Å². The quantitative estimate of drug-likeness (QED) is 0.466. The largest absolute Gasteiger partial charge is 0.393 e. The van der Waals surface area contributed by atoms with Gasteiger partial charge in [0.15, 0.2) is 0 Å². The van der Waals surface area contributed by atoms with Gasteiger partial charge in [-0.1, -0.05) is 58.9 Å². The number of fused-ring (bicyclic) bond motifs is 1. The van der Waals surface area contributed by atoms with Gasteiger partial charge in [0.25, 0.3) is 0 Å². The summed E-state index contributed by atoms with van der Waals surface area (Å²) in [5.74, 6) is 2.33. The number of allylic oxidation sites excluding steroid dienone is 3. The summed E-state index contributed by atoms with van der Waals surface area (Å²) >= 11 is 0. The van der Waals surface area contributed by atoms with Crippen LogP contribution in [0.25, 0.3) is 0 Å².